The zero-order chi connectivity index (χ0) is 13.9. The third kappa shape index (κ3) is 2.60. The van der Waals surface area contributed by atoms with Crippen molar-refractivity contribution in [1.82, 2.24) is 0 Å². The van der Waals surface area contributed by atoms with Crippen molar-refractivity contribution in [3.8, 4) is 11.5 Å². The second-order valence-electron chi connectivity index (χ2n) is 4.47. The maximum atomic E-state index is 6.15. The van der Waals surface area contributed by atoms with Gasteiger partial charge >= 0.3 is 0 Å². The fraction of sp³-hybridized carbons (Fsp3) is 0.0588. The summed E-state index contributed by atoms with van der Waals surface area (Å²) in [6.07, 6.45) is 0. The topological polar surface area (TPSA) is 9.23 Å². The Morgan fingerprint density at radius 3 is 2.50 bits per heavy atom. The number of benzene rings is 3. The van der Waals surface area contributed by atoms with Gasteiger partial charge in [0.1, 0.15) is 11.5 Å². The van der Waals surface area contributed by atoms with E-state index in [9.17, 15) is 0 Å². The number of hydrogen-bond donors (Lipinski definition) is 0. The molecule has 20 heavy (non-hydrogen) atoms. The second-order valence-corrected chi connectivity index (χ2v) is 5.14. The van der Waals surface area contributed by atoms with Gasteiger partial charge in [0, 0.05) is 16.3 Å². The fourth-order valence-electron chi connectivity index (χ4n) is 2.11. The maximum Gasteiger partial charge on any atom is 0.135 e. The smallest absolute Gasteiger partial charge is 0.135 e. The molecule has 0 unspecified atom stereocenters. The zero-order valence-electron chi connectivity index (χ0n) is 10.6. The molecule has 3 aromatic rings. The van der Waals surface area contributed by atoms with Crippen molar-refractivity contribution in [1.29, 1.82) is 0 Å². The zero-order valence-corrected chi connectivity index (χ0v) is 12.2. The Bertz CT molecular complexity index is 748. The number of fused-ring (bicyclic) bond motifs is 1. The Kier molecular flexibility index (Phi) is 3.81. The van der Waals surface area contributed by atoms with Crippen LogP contribution in [0, 0.1) is 0 Å². The van der Waals surface area contributed by atoms with Gasteiger partial charge < -0.3 is 4.74 Å². The fourth-order valence-corrected chi connectivity index (χ4v) is 2.65. The van der Waals surface area contributed by atoms with E-state index < -0.39 is 0 Å². The average Bonchev–Trinajstić information content (AvgIpc) is 2.48. The first-order valence-corrected chi connectivity index (χ1v) is 7.19. The first-order valence-electron chi connectivity index (χ1n) is 6.28. The highest BCUT2D eigenvalue weighted by Crippen LogP contribution is 2.32. The molecule has 0 N–H and O–H groups in total. The lowest BCUT2D eigenvalue weighted by Gasteiger charge is -2.10. The normalized spacial score (nSPS) is 10.7. The molecule has 0 saturated carbocycles. The summed E-state index contributed by atoms with van der Waals surface area (Å²) >= 11 is 11.9. The van der Waals surface area contributed by atoms with Crippen molar-refractivity contribution in [3.05, 3.63) is 71.2 Å². The highest BCUT2D eigenvalue weighted by atomic mass is 35.5. The number of halogens is 2. The van der Waals surface area contributed by atoms with Crippen LogP contribution in [0.2, 0.25) is 5.02 Å². The van der Waals surface area contributed by atoms with Gasteiger partial charge in [-0.1, -0.05) is 54.1 Å². The monoisotopic (exact) mass is 302 g/mol. The van der Waals surface area contributed by atoms with Crippen LogP contribution < -0.4 is 4.74 Å². The molecule has 0 aliphatic rings. The lowest BCUT2D eigenvalue weighted by molar-refractivity contribution is 0.488. The molecule has 3 rings (SSSR count). The quantitative estimate of drug-likeness (QED) is 0.537. The summed E-state index contributed by atoms with van der Waals surface area (Å²) in [7, 11) is 0. The van der Waals surface area contributed by atoms with E-state index in [0.717, 1.165) is 22.1 Å². The van der Waals surface area contributed by atoms with Crippen LogP contribution in [-0.4, -0.2) is 0 Å². The van der Waals surface area contributed by atoms with Gasteiger partial charge in [-0.2, -0.15) is 0 Å². The van der Waals surface area contributed by atoms with Crippen molar-refractivity contribution >= 4 is 34.0 Å². The third-order valence-electron chi connectivity index (χ3n) is 3.15. The Balaban J connectivity index is 1.99. The van der Waals surface area contributed by atoms with Crippen molar-refractivity contribution in [2.24, 2.45) is 0 Å². The van der Waals surface area contributed by atoms with E-state index in [1.54, 1.807) is 6.07 Å². The van der Waals surface area contributed by atoms with E-state index in [4.69, 9.17) is 27.9 Å². The van der Waals surface area contributed by atoms with Crippen molar-refractivity contribution in [2.75, 3.05) is 0 Å². The van der Waals surface area contributed by atoms with Gasteiger partial charge in [0.15, 0.2) is 0 Å². The van der Waals surface area contributed by atoms with Crippen LogP contribution >= 0.6 is 23.2 Å². The van der Waals surface area contributed by atoms with Crippen LogP contribution in [-0.2, 0) is 5.88 Å². The molecule has 0 aliphatic heterocycles. The largest absolute Gasteiger partial charge is 0.457 e. The molecule has 0 heterocycles. The number of alkyl halides is 1. The first-order chi connectivity index (χ1) is 9.78. The average molecular weight is 303 g/mol. The summed E-state index contributed by atoms with van der Waals surface area (Å²) in [5.41, 5.74) is 0.901. The van der Waals surface area contributed by atoms with E-state index in [0.29, 0.717) is 16.7 Å². The minimum absolute atomic E-state index is 0.396. The van der Waals surface area contributed by atoms with Gasteiger partial charge in [-0.25, -0.2) is 0 Å². The molecule has 0 saturated heterocycles. The molecule has 0 atom stereocenters. The van der Waals surface area contributed by atoms with Crippen LogP contribution in [0.4, 0.5) is 0 Å². The summed E-state index contributed by atoms with van der Waals surface area (Å²) in [5.74, 6) is 1.92. The SMILES string of the molecule is ClCc1ccc(Oc2cccc3ccccc23)cc1Cl. The summed E-state index contributed by atoms with van der Waals surface area (Å²) in [6.45, 7) is 0. The Morgan fingerprint density at radius 2 is 1.70 bits per heavy atom. The van der Waals surface area contributed by atoms with Crippen molar-refractivity contribution in [3.63, 3.8) is 0 Å². The van der Waals surface area contributed by atoms with Gasteiger partial charge in [0.25, 0.3) is 0 Å². The van der Waals surface area contributed by atoms with E-state index in [1.807, 2.05) is 42.5 Å². The van der Waals surface area contributed by atoms with E-state index in [-0.39, 0.29) is 0 Å². The Morgan fingerprint density at radius 1 is 0.900 bits per heavy atom. The van der Waals surface area contributed by atoms with Gasteiger partial charge in [0.05, 0.1) is 0 Å². The highest BCUT2D eigenvalue weighted by molar-refractivity contribution is 6.32. The van der Waals surface area contributed by atoms with Crippen molar-refractivity contribution < 1.29 is 4.74 Å². The minimum atomic E-state index is 0.396. The molecule has 1 nitrogen and oxygen atoms in total. The number of rotatable bonds is 3. The van der Waals surface area contributed by atoms with Gasteiger partial charge in [-0.15, -0.1) is 11.6 Å². The molecule has 0 amide bonds. The Hall–Kier alpha value is -1.70. The molecule has 3 heteroatoms. The van der Waals surface area contributed by atoms with E-state index in [2.05, 4.69) is 12.1 Å². The highest BCUT2D eigenvalue weighted by Gasteiger charge is 2.05. The molecule has 0 spiro atoms. The van der Waals surface area contributed by atoms with Crippen molar-refractivity contribution in [2.45, 2.75) is 5.88 Å². The molecule has 0 radical (unpaired) electrons. The number of hydrogen-bond acceptors (Lipinski definition) is 1. The van der Waals surface area contributed by atoms with Gasteiger partial charge in [-0.05, 0) is 29.1 Å². The van der Waals surface area contributed by atoms with Crippen LogP contribution in [0.1, 0.15) is 5.56 Å². The number of ether oxygens (including phenoxy) is 1. The molecule has 3 aromatic carbocycles. The second kappa shape index (κ2) is 5.74. The predicted molar refractivity (Wildman–Crippen MR) is 85.0 cm³/mol. The molecule has 0 bridgehead atoms. The summed E-state index contributed by atoms with van der Waals surface area (Å²) < 4.78 is 5.94. The van der Waals surface area contributed by atoms with Gasteiger partial charge in [0.2, 0.25) is 0 Å². The molecular weight excluding hydrogens is 291 g/mol. The van der Waals surface area contributed by atoms with E-state index >= 15 is 0 Å². The molecule has 100 valence electrons. The lowest BCUT2D eigenvalue weighted by atomic mass is 10.1. The third-order valence-corrected chi connectivity index (χ3v) is 3.79. The minimum Gasteiger partial charge on any atom is -0.457 e. The Labute approximate surface area is 127 Å². The van der Waals surface area contributed by atoms with Gasteiger partial charge in [-0.3, -0.25) is 0 Å². The maximum absolute atomic E-state index is 6.15. The van der Waals surface area contributed by atoms with Crippen LogP contribution in [0.15, 0.2) is 60.7 Å². The molecular formula is C17H12Cl2O. The van der Waals surface area contributed by atoms with Crippen LogP contribution in [0.3, 0.4) is 0 Å². The van der Waals surface area contributed by atoms with E-state index in [1.165, 1.54) is 0 Å². The predicted octanol–water partition coefficient (Wildman–Crippen LogP) is 6.02. The summed E-state index contributed by atoms with van der Waals surface area (Å²) in [5, 5.41) is 2.85. The van der Waals surface area contributed by atoms with Crippen LogP contribution in [0.25, 0.3) is 10.8 Å². The lowest BCUT2D eigenvalue weighted by Crippen LogP contribution is -1.87. The van der Waals surface area contributed by atoms with Crippen LogP contribution in [0.5, 0.6) is 11.5 Å². The summed E-state index contributed by atoms with van der Waals surface area (Å²) in [6, 6.07) is 19.7. The summed E-state index contributed by atoms with van der Waals surface area (Å²) in [4.78, 5) is 0. The molecule has 0 fully saturated rings. The standard InChI is InChI=1S/C17H12Cl2O/c18-11-13-8-9-14(10-16(13)19)20-17-7-3-5-12-4-1-2-6-15(12)17/h1-10H,11H2. The first kappa shape index (κ1) is 13.3. The molecule has 0 aromatic heterocycles. The molecule has 0 aliphatic carbocycles.